The maximum Gasteiger partial charge on any atom is 0.0994 e. The molecule has 0 spiro atoms. The van der Waals surface area contributed by atoms with Crippen LogP contribution in [0.2, 0.25) is 0 Å². The average Bonchev–Trinajstić information content (AvgIpc) is 3.05. The standard InChI is InChI=1S/C24H28N4/c1-26-14-15-28-22-11-13-27(12-5-8-18-6-2-3-7-19(18)16-25)17-21(22)20-9-4-10-23(26)24(20)28/h2-4,6-7,9-10,21-22H,5,8,11-15,17H2,1H3. The lowest BCUT2D eigenvalue weighted by molar-refractivity contribution is 0.191. The van der Waals surface area contributed by atoms with Gasteiger partial charge in [0.25, 0.3) is 0 Å². The van der Waals surface area contributed by atoms with Gasteiger partial charge in [-0.15, -0.1) is 0 Å². The summed E-state index contributed by atoms with van der Waals surface area (Å²) in [5.41, 5.74) is 6.51. The molecule has 4 heteroatoms. The predicted octanol–water partition coefficient (Wildman–Crippen LogP) is 3.62. The molecule has 3 aliphatic heterocycles. The molecule has 0 radical (unpaired) electrons. The van der Waals surface area contributed by atoms with Crippen LogP contribution in [-0.2, 0) is 6.42 Å². The lowest BCUT2D eigenvalue weighted by Gasteiger charge is -2.41. The zero-order valence-corrected chi connectivity index (χ0v) is 16.6. The Kier molecular flexibility index (Phi) is 4.49. The molecule has 2 atom stereocenters. The lowest BCUT2D eigenvalue weighted by Crippen LogP contribution is -2.49. The smallest absolute Gasteiger partial charge is 0.0994 e. The average molecular weight is 373 g/mol. The van der Waals surface area contributed by atoms with E-state index in [1.807, 2.05) is 18.2 Å². The number of benzene rings is 2. The van der Waals surface area contributed by atoms with Crippen LogP contribution in [0.25, 0.3) is 0 Å². The summed E-state index contributed by atoms with van der Waals surface area (Å²) in [6, 6.07) is 17.9. The van der Waals surface area contributed by atoms with E-state index >= 15 is 0 Å². The Labute approximate surface area is 168 Å². The number of hydrogen-bond donors (Lipinski definition) is 0. The van der Waals surface area contributed by atoms with Crippen molar-refractivity contribution in [1.82, 2.24) is 4.90 Å². The quantitative estimate of drug-likeness (QED) is 0.821. The van der Waals surface area contributed by atoms with Gasteiger partial charge in [-0.3, -0.25) is 0 Å². The summed E-state index contributed by atoms with van der Waals surface area (Å²) in [7, 11) is 2.22. The van der Waals surface area contributed by atoms with Crippen molar-refractivity contribution in [1.29, 1.82) is 5.26 Å². The molecule has 3 heterocycles. The third kappa shape index (κ3) is 2.86. The van der Waals surface area contributed by atoms with E-state index in [1.165, 1.54) is 36.4 Å². The van der Waals surface area contributed by atoms with Gasteiger partial charge in [0.1, 0.15) is 0 Å². The van der Waals surface area contributed by atoms with Gasteiger partial charge in [-0.2, -0.15) is 5.26 Å². The number of rotatable bonds is 4. The zero-order valence-electron chi connectivity index (χ0n) is 16.6. The molecule has 144 valence electrons. The van der Waals surface area contributed by atoms with Crippen molar-refractivity contribution in [3.05, 3.63) is 59.2 Å². The minimum atomic E-state index is 0.640. The van der Waals surface area contributed by atoms with E-state index in [9.17, 15) is 5.26 Å². The van der Waals surface area contributed by atoms with Gasteiger partial charge in [-0.25, -0.2) is 0 Å². The Morgan fingerprint density at radius 3 is 2.86 bits per heavy atom. The minimum absolute atomic E-state index is 0.640. The molecule has 1 fully saturated rings. The molecule has 0 bridgehead atoms. The van der Waals surface area contributed by atoms with Crippen LogP contribution in [0.3, 0.4) is 0 Å². The molecular formula is C24H28N4. The number of para-hydroxylation sites is 1. The lowest BCUT2D eigenvalue weighted by atomic mass is 9.89. The molecule has 0 amide bonds. The van der Waals surface area contributed by atoms with Gasteiger partial charge in [0.15, 0.2) is 0 Å². The first kappa shape index (κ1) is 17.6. The highest BCUT2D eigenvalue weighted by Crippen LogP contribution is 2.50. The van der Waals surface area contributed by atoms with Gasteiger partial charge >= 0.3 is 0 Å². The topological polar surface area (TPSA) is 33.5 Å². The summed E-state index contributed by atoms with van der Waals surface area (Å²) in [4.78, 5) is 7.77. The maximum absolute atomic E-state index is 9.29. The van der Waals surface area contributed by atoms with Crippen molar-refractivity contribution in [2.45, 2.75) is 31.2 Å². The summed E-state index contributed by atoms with van der Waals surface area (Å²) < 4.78 is 0. The minimum Gasteiger partial charge on any atom is -0.371 e. The molecule has 28 heavy (non-hydrogen) atoms. The van der Waals surface area contributed by atoms with Crippen molar-refractivity contribution in [2.75, 3.05) is 49.6 Å². The predicted molar refractivity (Wildman–Crippen MR) is 114 cm³/mol. The highest BCUT2D eigenvalue weighted by molar-refractivity contribution is 5.80. The molecule has 0 saturated carbocycles. The van der Waals surface area contributed by atoms with Crippen LogP contribution in [0, 0.1) is 11.3 Å². The van der Waals surface area contributed by atoms with E-state index in [0.29, 0.717) is 12.0 Å². The Hall–Kier alpha value is -2.51. The number of nitrogens with zero attached hydrogens (tertiary/aromatic N) is 4. The third-order valence-corrected chi connectivity index (χ3v) is 6.94. The Morgan fingerprint density at radius 1 is 1.07 bits per heavy atom. The van der Waals surface area contributed by atoms with E-state index < -0.39 is 0 Å². The fourth-order valence-corrected chi connectivity index (χ4v) is 5.52. The summed E-state index contributed by atoms with van der Waals surface area (Å²) in [6.45, 7) is 5.77. The van der Waals surface area contributed by atoms with Gasteiger partial charge in [0, 0.05) is 45.2 Å². The number of piperidine rings is 1. The van der Waals surface area contributed by atoms with Gasteiger partial charge < -0.3 is 14.7 Å². The monoisotopic (exact) mass is 372 g/mol. The molecule has 2 unspecified atom stereocenters. The molecule has 2 aromatic rings. The summed E-state index contributed by atoms with van der Waals surface area (Å²) >= 11 is 0. The van der Waals surface area contributed by atoms with Crippen molar-refractivity contribution < 1.29 is 0 Å². The van der Waals surface area contributed by atoms with Gasteiger partial charge in [0.05, 0.1) is 23.0 Å². The summed E-state index contributed by atoms with van der Waals surface area (Å²) in [5, 5.41) is 9.29. The third-order valence-electron chi connectivity index (χ3n) is 6.94. The highest BCUT2D eigenvalue weighted by Gasteiger charge is 2.44. The van der Waals surface area contributed by atoms with E-state index in [1.54, 1.807) is 5.56 Å². The van der Waals surface area contributed by atoms with Gasteiger partial charge in [0.2, 0.25) is 0 Å². The Morgan fingerprint density at radius 2 is 1.96 bits per heavy atom. The number of anilines is 2. The molecule has 3 aliphatic rings. The van der Waals surface area contributed by atoms with Crippen molar-refractivity contribution >= 4 is 11.4 Å². The van der Waals surface area contributed by atoms with Crippen molar-refractivity contribution in [3.63, 3.8) is 0 Å². The Bertz CT molecular complexity index is 915. The van der Waals surface area contributed by atoms with Crippen molar-refractivity contribution in [2.24, 2.45) is 0 Å². The number of likely N-dealkylation sites (tertiary alicyclic amines) is 1. The first-order valence-corrected chi connectivity index (χ1v) is 10.6. The first-order chi connectivity index (χ1) is 13.8. The molecular weight excluding hydrogens is 344 g/mol. The Balaban J connectivity index is 1.27. The molecule has 5 rings (SSSR count). The second-order valence-corrected chi connectivity index (χ2v) is 8.47. The van der Waals surface area contributed by atoms with Crippen LogP contribution in [0.15, 0.2) is 42.5 Å². The fourth-order valence-electron chi connectivity index (χ4n) is 5.52. The van der Waals surface area contributed by atoms with Crippen LogP contribution < -0.4 is 9.80 Å². The molecule has 2 aromatic carbocycles. The maximum atomic E-state index is 9.29. The van der Waals surface area contributed by atoms with Gasteiger partial charge in [-0.05, 0) is 49.1 Å². The zero-order chi connectivity index (χ0) is 19.1. The number of aryl methyl sites for hydroxylation is 1. The molecule has 4 nitrogen and oxygen atoms in total. The summed E-state index contributed by atoms with van der Waals surface area (Å²) in [5.74, 6) is 0.640. The second-order valence-electron chi connectivity index (χ2n) is 8.47. The molecule has 0 aliphatic carbocycles. The van der Waals surface area contributed by atoms with Crippen LogP contribution in [0.4, 0.5) is 11.4 Å². The highest BCUT2D eigenvalue weighted by atomic mass is 15.3. The molecule has 0 aromatic heterocycles. The van der Waals surface area contributed by atoms with Crippen LogP contribution >= 0.6 is 0 Å². The van der Waals surface area contributed by atoms with Crippen LogP contribution in [0.1, 0.15) is 35.4 Å². The number of hydrogen-bond acceptors (Lipinski definition) is 4. The molecule has 1 saturated heterocycles. The van der Waals surface area contributed by atoms with Gasteiger partial charge in [-0.1, -0.05) is 30.3 Å². The number of likely N-dealkylation sites (N-methyl/N-ethyl adjacent to an activating group) is 1. The fraction of sp³-hybridized carbons (Fsp3) is 0.458. The van der Waals surface area contributed by atoms with E-state index in [2.05, 4.69) is 52.1 Å². The SMILES string of the molecule is CN1CCN2c3c(cccc31)C1CN(CCCc3ccccc3C#N)CCC12. The second kappa shape index (κ2) is 7.14. The van der Waals surface area contributed by atoms with E-state index in [-0.39, 0.29) is 0 Å². The van der Waals surface area contributed by atoms with Crippen LogP contribution in [-0.4, -0.2) is 50.7 Å². The number of fused-ring (bicyclic) bond motifs is 3. The van der Waals surface area contributed by atoms with Crippen LogP contribution in [0.5, 0.6) is 0 Å². The molecule has 0 N–H and O–H groups in total. The summed E-state index contributed by atoms with van der Waals surface area (Å²) in [6.07, 6.45) is 3.37. The number of nitriles is 1. The normalized spacial score (nSPS) is 23.3. The van der Waals surface area contributed by atoms with Crippen molar-refractivity contribution in [3.8, 4) is 6.07 Å². The van der Waals surface area contributed by atoms with E-state index in [0.717, 1.165) is 38.0 Å². The first-order valence-electron chi connectivity index (χ1n) is 10.6. The largest absolute Gasteiger partial charge is 0.371 e. The van der Waals surface area contributed by atoms with E-state index in [4.69, 9.17) is 0 Å².